The number of aryl methyl sites for hydroxylation is 2. The zero-order valence-electron chi connectivity index (χ0n) is 22.7. The van der Waals surface area contributed by atoms with Crippen LogP contribution >= 0.6 is 0 Å². The van der Waals surface area contributed by atoms with Crippen molar-refractivity contribution in [3.05, 3.63) is 95.6 Å². The summed E-state index contributed by atoms with van der Waals surface area (Å²) >= 11 is 0. The Labute approximate surface area is 226 Å². The Hall–Kier alpha value is -3.65. The number of nitrogens with zero attached hydrogens (tertiary/aromatic N) is 2. The molecule has 3 aromatic carbocycles. The van der Waals surface area contributed by atoms with Crippen LogP contribution in [0.2, 0.25) is 0 Å². The third-order valence-corrected chi connectivity index (χ3v) is 7.98. The number of hydrogen-bond donors (Lipinski definition) is 1. The van der Waals surface area contributed by atoms with Crippen molar-refractivity contribution in [1.82, 2.24) is 10.2 Å². The molecule has 3 aromatic rings. The van der Waals surface area contributed by atoms with Crippen molar-refractivity contribution in [2.45, 2.75) is 58.0 Å². The van der Waals surface area contributed by atoms with E-state index in [-0.39, 0.29) is 23.4 Å². The van der Waals surface area contributed by atoms with Gasteiger partial charge in [0.1, 0.15) is 12.6 Å². The number of carbonyl (C=O) groups is 2. The van der Waals surface area contributed by atoms with Crippen LogP contribution in [0.3, 0.4) is 0 Å². The highest BCUT2D eigenvalue weighted by atomic mass is 32.2. The number of hydrogen-bond acceptors (Lipinski definition) is 4. The van der Waals surface area contributed by atoms with Crippen molar-refractivity contribution in [1.29, 1.82) is 0 Å². The molecule has 38 heavy (non-hydrogen) atoms. The van der Waals surface area contributed by atoms with Crippen LogP contribution in [0.15, 0.2) is 83.8 Å². The van der Waals surface area contributed by atoms with E-state index in [9.17, 15) is 18.0 Å². The van der Waals surface area contributed by atoms with Crippen LogP contribution in [0.4, 0.5) is 5.69 Å². The van der Waals surface area contributed by atoms with Gasteiger partial charge in [0.2, 0.25) is 11.8 Å². The molecular formula is C30H37N3O4S. The summed E-state index contributed by atoms with van der Waals surface area (Å²) in [6, 6.07) is 22.3. The Kier molecular flexibility index (Phi) is 9.69. The van der Waals surface area contributed by atoms with Crippen LogP contribution in [-0.2, 0) is 26.0 Å². The van der Waals surface area contributed by atoms with E-state index in [0.29, 0.717) is 12.1 Å². The van der Waals surface area contributed by atoms with E-state index >= 15 is 0 Å². The molecule has 202 valence electrons. The van der Waals surface area contributed by atoms with Crippen LogP contribution in [-0.4, -0.2) is 50.3 Å². The molecule has 0 unspecified atom stereocenters. The number of sulfonamides is 1. The third-order valence-electron chi connectivity index (χ3n) is 6.19. The molecule has 0 aromatic heterocycles. The van der Waals surface area contributed by atoms with Crippen molar-refractivity contribution in [3.63, 3.8) is 0 Å². The Bertz CT molecular complexity index is 1320. The summed E-state index contributed by atoms with van der Waals surface area (Å²) < 4.78 is 28.8. The van der Waals surface area contributed by atoms with E-state index in [4.69, 9.17) is 0 Å². The van der Waals surface area contributed by atoms with Crippen molar-refractivity contribution < 1.29 is 18.0 Å². The summed E-state index contributed by atoms with van der Waals surface area (Å²) in [6.07, 6.45) is 0.529. The number of rotatable bonds is 11. The zero-order chi connectivity index (χ0) is 27.9. The molecule has 0 saturated carbocycles. The van der Waals surface area contributed by atoms with Crippen LogP contribution in [0.25, 0.3) is 0 Å². The first-order valence-electron chi connectivity index (χ1n) is 12.8. The minimum atomic E-state index is -4.06. The average Bonchev–Trinajstić information content (AvgIpc) is 2.87. The summed E-state index contributed by atoms with van der Waals surface area (Å²) in [4.78, 5) is 28.4. The average molecular weight is 536 g/mol. The van der Waals surface area contributed by atoms with Crippen molar-refractivity contribution in [2.24, 2.45) is 0 Å². The molecule has 0 fully saturated rings. The van der Waals surface area contributed by atoms with Gasteiger partial charge < -0.3 is 10.2 Å². The lowest BCUT2D eigenvalue weighted by atomic mass is 10.1. The maximum Gasteiger partial charge on any atom is 0.264 e. The number of amides is 2. The quantitative estimate of drug-likeness (QED) is 0.392. The van der Waals surface area contributed by atoms with E-state index in [1.54, 1.807) is 37.3 Å². The number of benzene rings is 3. The number of anilines is 1. The highest BCUT2D eigenvalue weighted by Crippen LogP contribution is 2.26. The molecule has 0 aliphatic carbocycles. The minimum absolute atomic E-state index is 0.0911. The highest BCUT2D eigenvalue weighted by Gasteiger charge is 2.32. The first kappa shape index (κ1) is 28.9. The molecule has 0 heterocycles. The monoisotopic (exact) mass is 535 g/mol. The molecule has 7 nitrogen and oxygen atoms in total. The summed E-state index contributed by atoms with van der Waals surface area (Å²) in [7, 11) is -4.06. The van der Waals surface area contributed by atoms with Gasteiger partial charge in [-0.3, -0.25) is 13.9 Å². The molecule has 3 rings (SSSR count). The predicted octanol–water partition coefficient (Wildman–Crippen LogP) is 4.48. The van der Waals surface area contributed by atoms with Crippen molar-refractivity contribution >= 4 is 27.5 Å². The lowest BCUT2D eigenvalue weighted by Crippen LogP contribution is -2.53. The van der Waals surface area contributed by atoms with Crippen LogP contribution in [0, 0.1) is 13.8 Å². The lowest BCUT2D eigenvalue weighted by Gasteiger charge is -2.32. The Morgan fingerprint density at radius 2 is 1.39 bits per heavy atom. The van der Waals surface area contributed by atoms with Gasteiger partial charge in [0.25, 0.3) is 10.0 Å². The Balaban J connectivity index is 2.00. The number of carbonyl (C=O) groups excluding carboxylic acids is 2. The van der Waals surface area contributed by atoms with Gasteiger partial charge in [-0.15, -0.1) is 0 Å². The van der Waals surface area contributed by atoms with E-state index in [0.717, 1.165) is 21.0 Å². The smallest absolute Gasteiger partial charge is 0.264 e. The molecule has 1 N–H and O–H groups in total. The van der Waals surface area contributed by atoms with Gasteiger partial charge >= 0.3 is 0 Å². The largest absolute Gasteiger partial charge is 0.352 e. The van der Waals surface area contributed by atoms with Crippen molar-refractivity contribution in [2.75, 3.05) is 17.4 Å². The van der Waals surface area contributed by atoms with Gasteiger partial charge in [-0.05, 0) is 82.0 Å². The Morgan fingerprint density at radius 3 is 1.95 bits per heavy atom. The van der Waals surface area contributed by atoms with E-state index in [2.05, 4.69) is 5.32 Å². The normalized spacial score (nSPS) is 12.2. The first-order valence-corrected chi connectivity index (χ1v) is 14.2. The molecular weight excluding hydrogens is 498 g/mol. The predicted molar refractivity (Wildman–Crippen MR) is 151 cm³/mol. The second kappa shape index (κ2) is 12.7. The Morgan fingerprint density at radius 1 is 0.842 bits per heavy atom. The summed E-state index contributed by atoms with van der Waals surface area (Å²) in [5, 5.41) is 2.87. The summed E-state index contributed by atoms with van der Waals surface area (Å²) in [6.45, 7) is 8.99. The fourth-order valence-electron chi connectivity index (χ4n) is 4.32. The molecule has 0 aliphatic rings. The van der Waals surface area contributed by atoms with Crippen molar-refractivity contribution in [3.8, 4) is 0 Å². The second-order valence-corrected chi connectivity index (χ2v) is 11.7. The second-order valence-electron chi connectivity index (χ2n) is 9.83. The molecule has 0 aliphatic heterocycles. The topological polar surface area (TPSA) is 86.8 Å². The highest BCUT2D eigenvalue weighted by molar-refractivity contribution is 7.92. The third kappa shape index (κ3) is 7.44. The van der Waals surface area contributed by atoms with Crippen LogP contribution in [0.5, 0.6) is 0 Å². The molecule has 0 bridgehead atoms. The SMILES string of the molecule is Cc1cc(C)cc(N(CC(=O)N(CCc2ccccc2)[C@@H](C)C(=O)NC(C)C)S(=O)(=O)c2ccccc2)c1. The van der Waals surface area contributed by atoms with Gasteiger partial charge in [0, 0.05) is 12.6 Å². The van der Waals surface area contributed by atoms with Crippen LogP contribution < -0.4 is 9.62 Å². The van der Waals surface area contributed by atoms with E-state index in [1.165, 1.54) is 17.0 Å². The maximum atomic E-state index is 13.9. The standard InChI is InChI=1S/C30H37N3O4S/c1-22(2)31-30(35)25(5)32(17-16-26-12-8-6-9-13-26)29(34)21-33(27-19-23(3)18-24(4)20-27)38(36,37)28-14-10-7-11-15-28/h6-15,18-20,22,25H,16-17,21H2,1-5H3,(H,31,35)/t25-/m0/s1. The van der Waals surface area contributed by atoms with E-state index < -0.39 is 28.5 Å². The van der Waals surface area contributed by atoms with E-state index in [1.807, 2.05) is 64.1 Å². The molecule has 0 saturated heterocycles. The number of nitrogens with one attached hydrogen (secondary N) is 1. The molecule has 2 amide bonds. The zero-order valence-corrected chi connectivity index (χ0v) is 23.5. The fourth-order valence-corrected chi connectivity index (χ4v) is 5.74. The summed E-state index contributed by atoms with van der Waals surface area (Å²) in [5.74, 6) is -0.740. The molecule has 1 atom stereocenters. The van der Waals surface area contributed by atoms with Gasteiger partial charge in [-0.25, -0.2) is 8.42 Å². The first-order chi connectivity index (χ1) is 18.0. The van der Waals surface area contributed by atoms with Crippen LogP contribution in [0.1, 0.15) is 37.5 Å². The molecule has 0 spiro atoms. The molecule has 0 radical (unpaired) electrons. The fraction of sp³-hybridized carbons (Fsp3) is 0.333. The summed E-state index contributed by atoms with van der Waals surface area (Å²) in [5.41, 5.74) is 3.18. The minimum Gasteiger partial charge on any atom is -0.352 e. The lowest BCUT2D eigenvalue weighted by molar-refractivity contribution is -0.139. The maximum absolute atomic E-state index is 13.9. The van der Waals surface area contributed by atoms with Gasteiger partial charge in [-0.1, -0.05) is 54.6 Å². The van der Waals surface area contributed by atoms with Gasteiger partial charge in [-0.2, -0.15) is 0 Å². The molecule has 8 heteroatoms. The van der Waals surface area contributed by atoms with Gasteiger partial charge in [0.05, 0.1) is 10.6 Å². The van der Waals surface area contributed by atoms with Gasteiger partial charge in [0.15, 0.2) is 0 Å².